The number of carbonyl (C=O) groups excluding carboxylic acids is 1. The summed E-state index contributed by atoms with van der Waals surface area (Å²) in [7, 11) is 0. The van der Waals surface area contributed by atoms with Crippen LogP contribution in [0.4, 0.5) is 0 Å². The molecule has 0 spiro atoms. The van der Waals surface area contributed by atoms with Crippen molar-refractivity contribution < 1.29 is 15.0 Å². The van der Waals surface area contributed by atoms with E-state index in [9.17, 15) is 19.8 Å². The molecule has 0 radical (unpaired) electrons. The summed E-state index contributed by atoms with van der Waals surface area (Å²) >= 11 is 0. The number of aromatic amines is 1. The number of primary amides is 1. The molecule has 1 amide bonds. The fourth-order valence-electron chi connectivity index (χ4n) is 1.36. The smallest absolute Gasteiger partial charge is 0.253 e. The van der Waals surface area contributed by atoms with Crippen molar-refractivity contribution in [2.75, 3.05) is 0 Å². The van der Waals surface area contributed by atoms with E-state index in [0.29, 0.717) is 0 Å². The molecule has 0 saturated carbocycles. The predicted octanol–water partition coefficient (Wildman–Crippen LogP) is -1.05. The molecule has 0 aliphatic heterocycles. The monoisotopic (exact) mass is 226 g/mol. The molecule has 1 aromatic rings. The summed E-state index contributed by atoms with van der Waals surface area (Å²) in [5.74, 6) is -0.740. The van der Waals surface area contributed by atoms with Gasteiger partial charge in [0, 0.05) is 11.8 Å². The average molecular weight is 226 g/mol. The van der Waals surface area contributed by atoms with Gasteiger partial charge < -0.3 is 20.9 Å². The van der Waals surface area contributed by atoms with E-state index in [1.54, 1.807) is 6.92 Å². The molecule has 0 aliphatic rings. The molecule has 6 nitrogen and oxygen atoms in total. The standard InChI is InChI=1S/C10H14N2O4/c1-5-2-6(10(16)12-4-5)9(15)7(13)3-8(11)14/h2,4,7,9,13,15H,3H2,1H3,(H2,11,14)(H,12,16). The Balaban J connectivity index is 2.95. The second kappa shape index (κ2) is 4.91. The molecule has 1 heterocycles. The summed E-state index contributed by atoms with van der Waals surface area (Å²) in [4.78, 5) is 24.3. The number of aliphatic hydroxyl groups is 2. The minimum Gasteiger partial charge on any atom is -0.390 e. The Morgan fingerprint density at radius 1 is 1.56 bits per heavy atom. The van der Waals surface area contributed by atoms with E-state index in [2.05, 4.69) is 4.98 Å². The Morgan fingerprint density at radius 3 is 2.75 bits per heavy atom. The van der Waals surface area contributed by atoms with Gasteiger partial charge >= 0.3 is 0 Å². The molecule has 0 saturated heterocycles. The van der Waals surface area contributed by atoms with E-state index in [-0.39, 0.29) is 5.56 Å². The number of amides is 1. The molecule has 16 heavy (non-hydrogen) atoms. The zero-order valence-corrected chi connectivity index (χ0v) is 8.80. The van der Waals surface area contributed by atoms with Crippen molar-refractivity contribution in [2.45, 2.75) is 25.6 Å². The number of hydrogen-bond donors (Lipinski definition) is 4. The lowest BCUT2D eigenvalue weighted by Crippen LogP contribution is -2.29. The highest BCUT2D eigenvalue weighted by molar-refractivity contribution is 5.74. The van der Waals surface area contributed by atoms with E-state index < -0.39 is 30.1 Å². The second-order valence-electron chi connectivity index (χ2n) is 3.64. The lowest BCUT2D eigenvalue weighted by molar-refractivity contribution is -0.121. The Labute approximate surface area is 91.7 Å². The fraction of sp³-hybridized carbons (Fsp3) is 0.400. The molecule has 1 rings (SSSR count). The number of nitrogens with two attached hydrogens (primary N) is 1. The van der Waals surface area contributed by atoms with Crippen LogP contribution in [-0.4, -0.2) is 27.2 Å². The van der Waals surface area contributed by atoms with Crippen molar-refractivity contribution in [3.63, 3.8) is 0 Å². The number of aliphatic hydroxyl groups excluding tert-OH is 2. The molecular formula is C10H14N2O4. The second-order valence-corrected chi connectivity index (χ2v) is 3.64. The summed E-state index contributed by atoms with van der Waals surface area (Å²) in [5.41, 5.74) is 5.14. The average Bonchev–Trinajstić information content (AvgIpc) is 2.19. The molecule has 2 atom stereocenters. The lowest BCUT2D eigenvalue weighted by Gasteiger charge is -2.16. The normalized spacial score (nSPS) is 14.4. The van der Waals surface area contributed by atoms with E-state index in [1.807, 2.05) is 0 Å². The number of pyridine rings is 1. The summed E-state index contributed by atoms with van der Waals surface area (Å²) in [5, 5.41) is 19.1. The molecule has 6 heteroatoms. The Kier molecular flexibility index (Phi) is 3.81. The van der Waals surface area contributed by atoms with Gasteiger partial charge in [-0.3, -0.25) is 9.59 Å². The van der Waals surface area contributed by atoms with Crippen LogP contribution in [0.3, 0.4) is 0 Å². The van der Waals surface area contributed by atoms with Crippen LogP contribution < -0.4 is 11.3 Å². The third kappa shape index (κ3) is 2.91. The van der Waals surface area contributed by atoms with Gasteiger partial charge in [0.05, 0.1) is 12.5 Å². The molecule has 88 valence electrons. The quantitative estimate of drug-likeness (QED) is 0.524. The molecule has 0 aliphatic carbocycles. The highest BCUT2D eigenvalue weighted by atomic mass is 16.3. The van der Waals surface area contributed by atoms with Crippen molar-refractivity contribution in [3.8, 4) is 0 Å². The number of nitrogens with one attached hydrogen (secondary N) is 1. The van der Waals surface area contributed by atoms with Gasteiger partial charge in [-0.05, 0) is 18.6 Å². The van der Waals surface area contributed by atoms with Crippen molar-refractivity contribution >= 4 is 5.91 Å². The van der Waals surface area contributed by atoms with Crippen LogP contribution in [0.25, 0.3) is 0 Å². The number of aryl methyl sites for hydroxylation is 1. The molecule has 0 fully saturated rings. The van der Waals surface area contributed by atoms with Crippen molar-refractivity contribution in [3.05, 3.63) is 33.7 Å². The lowest BCUT2D eigenvalue weighted by atomic mass is 10.0. The highest BCUT2D eigenvalue weighted by Gasteiger charge is 2.22. The fourth-order valence-corrected chi connectivity index (χ4v) is 1.36. The van der Waals surface area contributed by atoms with Gasteiger partial charge in [0.25, 0.3) is 5.56 Å². The maximum atomic E-state index is 11.4. The number of carbonyl (C=O) groups is 1. The van der Waals surface area contributed by atoms with E-state index in [0.717, 1.165) is 5.56 Å². The van der Waals surface area contributed by atoms with Gasteiger partial charge in [-0.1, -0.05) is 0 Å². The maximum absolute atomic E-state index is 11.4. The Morgan fingerprint density at radius 2 is 2.19 bits per heavy atom. The molecular weight excluding hydrogens is 212 g/mol. The van der Waals surface area contributed by atoms with E-state index in [1.165, 1.54) is 12.3 Å². The number of hydrogen-bond acceptors (Lipinski definition) is 4. The number of H-pyrrole nitrogens is 1. The van der Waals surface area contributed by atoms with Crippen molar-refractivity contribution in [1.29, 1.82) is 0 Å². The van der Waals surface area contributed by atoms with Gasteiger partial charge in [0.15, 0.2) is 0 Å². The molecule has 2 unspecified atom stereocenters. The van der Waals surface area contributed by atoms with Gasteiger partial charge in [0.2, 0.25) is 5.91 Å². The minimum atomic E-state index is -1.42. The van der Waals surface area contributed by atoms with Gasteiger partial charge in [-0.2, -0.15) is 0 Å². The Bertz CT molecular complexity index is 441. The first-order valence-corrected chi connectivity index (χ1v) is 4.75. The summed E-state index contributed by atoms with van der Waals surface area (Å²) in [6.45, 7) is 1.73. The molecule has 0 bridgehead atoms. The first-order valence-electron chi connectivity index (χ1n) is 4.75. The third-order valence-electron chi connectivity index (χ3n) is 2.17. The predicted molar refractivity (Wildman–Crippen MR) is 56.6 cm³/mol. The molecule has 1 aromatic heterocycles. The molecule has 5 N–H and O–H groups in total. The van der Waals surface area contributed by atoms with Crippen LogP contribution in [-0.2, 0) is 4.79 Å². The number of aromatic nitrogens is 1. The first kappa shape index (κ1) is 12.4. The van der Waals surface area contributed by atoms with Gasteiger partial charge in [0.1, 0.15) is 6.10 Å². The minimum absolute atomic E-state index is 0.0220. The largest absolute Gasteiger partial charge is 0.390 e. The van der Waals surface area contributed by atoms with Crippen LogP contribution in [0.1, 0.15) is 23.7 Å². The van der Waals surface area contributed by atoms with Gasteiger partial charge in [-0.25, -0.2) is 0 Å². The molecule has 0 aromatic carbocycles. The highest BCUT2D eigenvalue weighted by Crippen LogP contribution is 2.15. The van der Waals surface area contributed by atoms with Crippen LogP contribution >= 0.6 is 0 Å². The summed E-state index contributed by atoms with van der Waals surface area (Å²) in [6, 6.07) is 1.45. The summed E-state index contributed by atoms with van der Waals surface area (Å²) in [6.07, 6.45) is -1.70. The van der Waals surface area contributed by atoms with E-state index in [4.69, 9.17) is 5.73 Å². The zero-order chi connectivity index (χ0) is 12.3. The SMILES string of the molecule is Cc1c[nH]c(=O)c(C(O)C(O)CC(N)=O)c1. The van der Waals surface area contributed by atoms with Crippen LogP contribution in [0.15, 0.2) is 17.1 Å². The van der Waals surface area contributed by atoms with Crippen molar-refractivity contribution in [1.82, 2.24) is 4.98 Å². The zero-order valence-electron chi connectivity index (χ0n) is 8.80. The van der Waals surface area contributed by atoms with Crippen LogP contribution in [0, 0.1) is 6.92 Å². The maximum Gasteiger partial charge on any atom is 0.253 e. The van der Waals surface area contributed by atoms with Gasteiger partial charge in [-0.15, -0.1) is 0 Å². The van der Waals surface area contributed by atoms with E-state index >= 15 is 0 Å². The topological polar surface area (TPSA) is 116 Å². The van der Waals surface area contributed by atoms with Crippen LogP contribution in [0.5, 0.6) is 0 Å². The number of rotatable bonds is 4. The van der Waals surface area contributed by atoms with Crippen LogP contribution in [0.2, 0.25) is 0 Å². The first-order chi connectivity index (χ1) is 7.41. The van der Waals surface area contributed by atoms with Crippen molar-refractivity contribution in [2.24, 2.45) is 5.73 Å². The third-order valence-corrected chi connectivity index (χ3v) is 2.17. The summed E-state index contributed by atoms with van der Waals surface area (Å²) < 4.78 is 0. The Hall–Kier alpha value is -1.66.